The summed E-state index contributed by atoms with van der Waals surface area (Å²) in [6, 6.07) is 9.34. The number of hydroxylamine groups is 2. The van der Waals surface area contributed by atoms with Gasteiger partial charge in [-0.2, -0.15) is 18.7 Å². The van der Waals surface area contributed by atoms with E-state index >= 15 is 4.39 Å². The highest BCUT2D eigenvalue weighted by atomic mass is 35.5. The second-order valence-electron chi connectivity index (χ2n) is 19.8. The van der Waals surface area contributed by atoms with Crippen LogP contribution in [0.1, 0.15) is 65.2 Å². The van der Waals surface area contributed by atoms with Crippen molar-refractivity contribution >= 4 is 94.1 Å². The van der Waals surface area contributed by atoms with Gasteiger partial charge in [0.2, 0.25) is 11.6 Å². The molecule has 5 saturated heterocycles. The van der Waals surface area contributed by atoms with Gasteiger partial charge in [-0.3, -0.25) is 14.4 Å². The summed E-state index contributed by atoms with van der Waals surface area (Å²) >= 11 is 12.4. The van der Waals surface area contributed by atoms with Crippen molar-refractivity contribution < 1.29 is 61.2 Å². The fourth-order valence-corrected chi connectivity index (χ4v) is 10.0. The number of aromatic nitrogens is 4. The van der Waals surface area contributed by atoms with Crippen molar-refractivity contribution in [3.8, 4) is 11.8 Å². The number of benzene rings is 2. The number of anilines is 4. The summed E-state index contributed by atoms with van der Waals surface area (Å²) in [5, 5.41) is 10.1. The molecule has 420 valence electrons. The van der Waals surface area contributed by atoms with Crippen molar-refractivity contribution in [2.24, 2.45) is 23.7 Å². The highest BCUT2D eigenvalue weighted by molar-refractivity contribution is 6.34. The van der Waals surface area contributed by atoms with E-state index in [0.717, 1.165) is 45.2 Å². The molecule has 0 spiro atoms. The summed E-state index contributed by atoms with van der Waals surface area (Å²) in [5.41, 5.74) is 0.891. The minimum Gasteiger partial charge on any atom is -0.471 e. The number of imide groups is 1. The first kappa shape index (κ1) is 58.2. The Hall–Kier alpha value is -6.93. The number of amides is 3. The smallest absolute Gasteiger partial charge is 0.471 e. The third kappa shape index (κ3) is 13.9. The van der Waals surface area contributed by atoms with Crippen molar-refractivity contribution in [2.45, 2.75) is 88.6 Å². The molecule has 79 heavy (non-hydrogen) atoms. The van der Waals surface area contributed by atoms with Crippen LogP contribution in [-0.4, -0.2) is 130 Å². The number of halogens is 5. The number of nitrogens with zero attached hydrogens (tertiary/aromatic N) is 8. The molecule has 5 aliphatic heterocycles. The van der Waals surface area contributed by atoms with Crippen LogP contribution < -0.4 is 25.4 Å². The predicted molar refractivity (Wildman–Crippen MR) is 282 cm³/mol. The average molecular weight is 1160 g/mol. The Morgan fingerprint density at radius 2 is 1.16 bits per heavy atom. The highest BCUT2D eigenvalue weighted by Crippen LogP contribution is 2.45. The Morgan fingerprint density at radius 3 is 1.59 bits per heavy atom. The minimum atomic E-state index is -0.969. The number of carbonyl (C=O) groups excluding carboxylic acids is 4. The van der Waals surface area contributed by atoms with Crippen LogP contribution >= 0.6 is 35.6 Å². The Labute approximate surface area is 469 Å². The van der Waals surface area contributed by atoms with Gasteiger partial charge in [0.15, 0.2) is 23.0 Å². The van der Waals surface area contributed by atoms with Crippen molar-refractivity contribution in [2.75, 3.05) is 63.2 Å². The van der Waals surface area contributed by atoms with E-state index < -0.39 is 35.2 Å². The second-order valence-corrected chi connectivity index (χ2v) is 20.6. The molecule has 3 amide bonds. The minimum absolute atomic E-state index is 0. The molecule has 4 unspecified atom stereocenters. The van der Waals surface area contributed by atoms with Crippen LogP contribution in [0.2, 0.25) is 10.0 Å². The molecule has 2 saturated carbocycles. The zero-order valence-corrected chi connectivity index (χ0v) is 45.2. The fraction of sp³-hybridized carbons (Fsp3) is 0.500. The van der Waals surface area contributed by atoms with E-state index in [9.17, 15) is 23.6 Å². The number of rotatable bonds is 13. The van der Waals surface area contributed by atoms with E-state index in [-0.39, 0.29) is 101 Å². The first-order valence-electron chi connectivity index (χ1n) is 25.5. The van der Waals surface area contributed by atoms with Gasteiger partial charge in [0.25, 0.3) is 23.6 Å². The summed E-state index contributed by atoms with van der Waals surface area (Å²) in [5.74, 6) is -2.82. The lowest BCUT2D eigenvalue weighted by Crippen LogP contribution is -2.59. The lowest BCUT2D eigenvalue weighted by atomic mass is 9.84. The molecule has 2 aromatic carbocycles. The van der Waals surface area contributed by atoms with Gasteiger partial charge in [0.05, 0.1) is 61.0 Å². The molecule has 22 nitrogen and oxygen atoms in total. The zero-order chi connectivity index (χ0) is 55.1. The Bertz CT molecular complexity index is 2950. The van der Waals surface area contributed by atoms with E-state index in [0.29, 0.717) is 78.8 Å². The molecule has 7 heterocycles. The standard InChI is InChI=1S/C24H25ClFN5O4.C18H17ClFN5O2.C10H13NO5.ClH/c1-3-24(6-7-24)35-23(32)31-9-14-11-33-12-15(10-31)20(14)34-22-19(26)21(28-13-29-22)30-18-5-4-16(27-2)8-17(18)25;1-21-12-2-3-14(13(19)4-12)25-17-15(20)18(24-9-23-17)27-16-10-5-22-6-11(16)8-26-7-10;1-2-10(5-6-10)15-9(14)16-11-7(12)3-4-8(11)13;/h4-5,8,13-15,20H,3,6-7,9-12H2,1H3,(H,28,29,30);2-4,9-11,16,22H,5-8H2,(H,23,24,25);2-6H2,1H3;1H. The summed E-state index contributed by atoms with van der Waals surface area (Å²) < 4.78 is 64.3. The van der Waals surface area contributed by atoms with Crippen LogP contribution in [0.15, 0.2) is 49.1 Å². The molecule has 2 aromatic heterocycles. The Morgan fingerprint density at radius 1 is 0.722 bits per heavy atom. The lowest BCUT2D eigenvalue weighted by molar-refractivity contribution is -0.179. The SMILES string of the molecule is CCC1(OC(=O)ON2C(=O)CCC2=O)CC1.Cl.[C-]#[N+]c1ccc(Nc2ncnc(OC3C4CNCC3COC4)c2F)c(Cl)c1.[C-]#[N+]c1ccc(Nc2ncnc(OC3C4COCC3CN(C(=O)OC3(CC)CC3)C4)c2F)c(Cl)c1. The predicted octanol–water partition coefficient (Wildman–Crippen LogP) is 9.71. The number of nitrogens with one attached hydrogen (secondary N) is 3. The summed E-state index contributed by atoms with van der Waals surface area (Å²) in [4.78, 5) is 75.2. The zero-order valence-electron chi connectivity index (χ0n) is 42.9. The van der Waals surface area contributed by atoms with Crippen molar-refractivity contribution in [1.82, 2.24) is 35.2 Å². The summed E-state index contributed by atoms with van der Waals surface area (Å²) in [6.45, 7) is 22.3. The molecule has 0 radical (unpaired) electrons. The first-order chi connectivity index (χ1) is 37.6. The molecule has 27 heteroatoms. The molecule has 2 aliphatic carbocycles. The number of piperidine rings is 2. The molecule has 7 fully saturated rings. The van der Waals surface area contributed by atoms with Gasteiger partial charge in [-0.1, -0.05) is 54.2 Å². The van der Waals surface area contributed by atoms with E-state index in [1.54, 1.807) is 29.2 Å². The molecule has 3 N–H and O–H groups in total. The van der Waals surface area contributed by atoms with Crippen LogP contribution in [0.3, 0.4) is 0 Å². The molecular formula is C52H56Cl3F2N11O11. The number of fused-ring (bicyclic) bond motifs is 4. The third-order valence-corrected chi connectivity index (χ3v) is 15.2. The summed E-state index contributed by atoms with van der Waals surface area (Å²) in [6.07, 6.45) is 5.78. The van der Waals surface area contributed by atoms with E-state index in [4.69, 9.17) is 64.8 Å². The molecular weight excluding hydrogens is 1100 g/mol. The topological polar surface area (TPSA) is 236 Å². The lowest BCUT2D eigenvalue weighted by Gasteiger charge is -2.46. The van der Waals surface area contributed by atoms with Crippen molar-refractivity contribution in [3.63, 3.8) is 0 Å². The van der Waals surface area contributed by atoms with Crippen molar-refractivity contribution in [1.29, 1.82) is 0 Å². The van der Waals surface area contributed by atoms with Gasteiger partial charge in [-0.25, -0.2) is 29.2 Å². The Kier molecular flexibility index (Phi) is 18.8. The Balaban J connectivity index is 0.000000166. The normalized spacial score (nSPS) is 23.5. The second kappa shape index (κ2) is 25.5. The maximum atomic E-state index is 15.3. The maximum absolute atomic E-state index is 15.3. The molecule has 4 bridgehead atoms. The highest BCUT2D eigenvalue weighted by Gasteiger charge is 2.50. The van der Waals surface area contributed by atoms with Crippen LogP contribution in [0.25, 0.3) is 9.69 Å². The third-order valence-electron chi connectivity index (χ3n) is 14.5. The quantitative estimate of drug-likeness (QED) is 0.0642. The van der Waals surface area contributed by atoms with E-state index in [1.165, 1.54) is 24.8 Å². The molecule has 4 atom stereocenters. The van der Waals surface area contributed by atoms with Gasteiger partial charge in [-0.05, 0) is 62.8 Å². The van der Waals surface area contributed by atoms with Gasteiger partial charge in [-0.15, -0.1) is 12.4 Å². The fourth-order valence-electron chi connectivity index (χ4n) is 9.60. The molecule has 7 aliphatic rings. The van der Waals surface area contributed by atoms with Crippen LogP contribution in [0.4, 0.5) is 52.8 Å². The largest absolute Gasteiger partial charge is 0.534 e. The maximum Gasteiger partial charge on any atom is 0.534 e. The first-order valence-corrected chi connectivity index (χ1v) is 26.2. The number of ether oxygens (including phenoxy) is 6. The number of likely N-dealkylation sites (tertiary alicyclic amines) is 1. The summed E-state index contributed by atoms with van der Waals surface area (Å²) in [7, 11) is 0. The van der Waals surface area contributed by atoms with Gasteiger partial charge in [0, 0.05) is 62.7 Å². The number of hydrogen-bond donors (Lipinski definition) is 3. The van der Waals surface area contributed by atoms with Gasteiger partial charge < -0.3 is 49.3 Å². The number of hydrogen-bond acceptors (Lipinski definition) is 18. The number of carbonyl (C=O) groups is 4. The van der Waals surface area contributed by atoms with Gasteiger partial charge >= 0.3 is 12.2 Å². The average Bonchev–Trinajstić information content (AvgIpc) is 4.38. The molecule has 11 rings (SSSR count). The van der Waals surface area contributed by atoms with Crippen LogP contribution in [0.5, 0.6) is 11.8 Å². The van der Waals surface area contributed by atoms with Crippen LogP contribution in [0, 0.1) is 48.5 Å². The molecule has 4 aromatic rings. The van der Waals surface area contributed by atoms with Crippen LogP contribution in [-0.2, 0) is 33.4 Å². The van der Waals surface area contributed by atoms with Crippen molar-refractivity contribution in [3.05, 3.63) is 93.6 Å². The van der Waals surface area contributed by atoms with E-state index in [2.05, 4.69) is 50.4 Å². The van der Waals surface area contributed by atoms with E-state index in [1.807, 2.05) is 13.8 Å². The van der Waals surface area contributed by atoms with Gasteiger partial charge in [0.1, 0.15) is 36.1 Å². The monoisotopic (exact) mass is 1150 g/mol.